The second kappa shape index (κ2) is 11.4. The molecule has 11 nitrogen and oxygen atoms in total. The second-order valence-electron chi connectivity index (χ2n) is 7.12. The first kappa shape index (κ1) is 26.9. The van der Waals surface area contributed by atoms with Gasteiger partial charge in [-0.25, -0.2) is 9.18 Å². The van der Waals surface area contributed by atoms with E-state index in [1.807, 2.05) is 0 Å². The molecule has 1 unspecified atom stereocenters. The number of carboxylic acids is 1. The smallest absolute Gasteiger partial charge is 0.542 e. The zero-order valence-electron chi connectivity index (χ0n) is 18.6. The van der Waals surface area contributed by atoms with Crippen molar-refractivity contribution in [3.8, 4) is 11.5 Å². The van der Waals surface area contributed by atoms with Crippen LogP contribution in [0, 0.1) is 0 Å². The predicted octanol–water partition coefficient (Wildman–Crippen LogP) is -1.91. The minimum absolute atomic E-state index is 0. The Morgan fingerprint density at radius 2 is 1.36 bits per heavy atom. The van der Waals surface area contributed by atoms with Crippen LogP contribution in [0.2, 0.25) is 0 Å². The summed E-state index contributed by atoms with van der Waals surface area (Å²) >= 11 is 0. The van der Waals surface area contributed by atoms with Gasteiger partial charge in [0.2, 0.25) is 5.76 Å². The van der Waals surface area contributed by atoms with Crippen molar-refractivity contribution in [3.63, 3.8) is 0 Å². The number of fused-ring (bicyclic) bond motifs is 2. The van der Waals surface area contributed by atoms with Crippen LogP contribution in [0.4, 0.5) is 4.39 Å². The number of rotatable bonds is 8. The Kier molecular flexibility index (Phi) is 8.48. The topological polar surface area (TPSA) is 171 Å². The zero-order valence-corrected chi connectivity index (χ0v) is 20.6. The van der Waals surface area contributed by atoms with Crippen LogP contribution in [-0.2, 0) is 4.84 Å². The van der Waals surface area contributed by atoms with Gasteiger partial charge in [0.25, 0.3) is 0 Å². The van der Waals surface area contributed by atoms with Gasteiger partial charge in [-0.3, -0.25) is 9.59 Å². The van der Waals surface area contributed by atoms with Crippen LogP contribution in [0.15, 0.2) is 67.0 Å². The molecule has 0 aliphatic heterocycles. The fourth-order valence-corrected chi connectivity index (χ4v) is 3.26. The maximum atomic E-state index is 14.5. The van der Waals surface area contributed by atoms with Crippen molar-refractivity contribution in [3.05, 3.63) is 80.5 Å². The summed E-state index contributed by atoms with van der Waals surface area (Å²) in [5.41, 5.74) is -1.40. The molecule has 0 saturated carbocycles. The fraction of sp³-hybridized carbons (Fsp3) is 0.130. The van der Waals surface area contributed by atoms with Crippen molar-refractivity contribution in [1.82, 2.24) is 0 Å². The first-order chi connectivity index (χ1) is 16.8. The summed E-state index contributed by atoms with van der Waals surface area (Å²) in [6.07, 6.45) is -1.70. The Labute approximate surface area is 222 Å². The van der Waals surface area contributed by atoms with E-state index in [0.717, 1.165) is 12.1 Å². The predicted molar refractivity (Wildman–Crippen MR) is 115 cm³/mol. The molecule has 2 heterocycles. The molecule has 0 spiro atoms. The van der Waals surface area contributed by atoms with Gasteiger partial charge in [0, 0.05) is 12.1 Å². The molecule has 0 saturated heterocycles. The minimum atomic E-state index is -1.70. The molecular weight excluding hydrogens is 492 g/mol. The van der Waals surface area contributed by atoms with Crippen LogP contribution in [0.3, 0.4) is 0 Å². The van der Waals surface area contributed by atoms with Gasteiger partial charge in [-0.15, -0.1) is 0 Å². The van der Waals surface area contributed by atoms with Gasteiger partial charge in [-0.2, -0.15) is 5.90 Å². The first-order valence-electron chi connectivity index (χ1n) is 9.94. The molecule has 180 valence electrons. The van der Waals surface area contributed by atoms with Gasteiger partial charge in [0.1, 0.15) is 52.6 Å². The average molecular weight is 507 g/mol. The van der Waals surface area contributed by atoms with Crippen LogP contribution in [0.5, 0.6) is 11.5 Å². The molecular formula is C23H15FNNaO10. The third-order valence-corrected chi connectivity index (χ3v) is 4.78. The molecule has 4 aromatic rings. The van der Waals surface area contributed by atoms with Gasteiger partial charge in [0.15, 0.2) is 22.8 Å². The largest absolute Gasteiger partial charge is 1.00 e. The Hall–Kier alpha value is -3.71. The summed E-state index contributed by atoms with van der Waals surface area (Å²) in [7, 11) is 0. The van der Waals surface area contributed by atoms with Gasteiger partial charge in [-0.05, 0) is 24.3 Å². The van der Waals surface area contributed by atoms with E-state index >= 15 is 0 Å². The number of ether oxygens (including phenoxy) is 2. The number of alkyl halides is 1. The molecule has 0 radical (unpaired) electrons. The van der Waals surface area contributed by atoms with Crippen molar-refractivity contribution < 1.29 is 71.8 Å². The van der Waals surface area contributed by atoms with E-state index in [1.165, 1.54) is 36.4 Å². The molecule has 0 bridgehead atoms. The van der Waals surface area contributed by atoms with E-state index in [1.54, 1.807) is 0 Å². The number of carbonyl (C=O) groups is 2. The molecule has 0 aliphatic carbocycles. The maximum Gasteiger partial charge on any atom is 1.00 e. The minimum Gasteiger partial charge on any atom is -0.542 e. The van der Waals surface area contributed by atoms with Crippen LogP contribution in [-0.4, -0.2) is 31.3 Å². The Morgan fingerprint density at radius 1 is 0.889 bits per heavy atom. The van der Waals surface area contributed by atoms with Gasteiger partial charge >= 0.3 is 35.5 Å². The monoisotopic (exact) mass is 507 g/mol. The standard InChI is InChI=1S/C23H16FNO10.Na/c24-11(9-31-14-3-1-5-16-20(14)12(26)7-18(33-16)22(28)29)10-32-15-4-2-6-17-21(15)13(27)8-19(34-17)23(30)35-25;/h1-8,11H,9-10,25H2,(H,28,29);/q;+1/p-1. The number of aromatic carboxylic acids is 1. The molecule has 13 heteroatoms. The Balaban J connectivity index is 0.00000361. The molecule has 0 aliphatic rings. The number of hydrogen-bond donors (Lipinski definition) is 1. The van der Waals surface area contributed by atoms with Crippen LogP contribution < -0.4 is 60.9 Å². The summed E-state index contributed by atoms with van der Waals surface area (Å²) in [5, 5.41) is 10.9. The van der Waals surface area contributed by atoms with Gasteiger partial charge < -0.3 is 33.0 Å². The van der Waals surface area contributed by atoms with E-state index < -0.39 is 53.7 Å². The second-order valence-corrected chi connectivity index (χ2v) is 7.12. The van der Waals surface area contributed by atoms with Crippen molar-refractivity contribution >= 4 is 33.9 Å². The van der Waals surface area contributed by atoms with Gasteiger partial charge in [0.05, 0.1) is 0 Å². The summed E-state index contributed by atoms with van der Waals surface area (Å²) in [6.45, 7) is -1.06. The summed E-state index contributed by atoms with van der Waals surface area (Å²) < 4.78 is 35.8. The molecule has 2 N–H and O–H groups in total. The molecule has 0 fully saturated rings. The molecule has 0 amide bonds. The van der Waals surface area contributed by atoms with E-state index in [2.05, 4.69) is 4.84 Å². The van der Waals surface area contributed by atoms with Crippen molar-refractivity contribution in [2.45, 2.75) is 6.17 Å². The van der Waals surface area contributed by atoms with Crippen LogP contribution in [0.1, 0.15) is 21.1 Å². The Morgan fingerprint density at radius 3 is 1.83 bits per heavy atom. The van der Waals surface area contributed by atoms with E-state index in [-0.39, 0.29) is 63.0 Å². The van der Waals surface area contributed by atoms with Crippen LogP contribution in [0.25, 0.3) is 21.9 Å². The average Bonchev–Trinajstić information content (AvgIpc) is 2.85. The molecule has 36 heavy (non-hydrogen) atoms. The van der Waals surface area contributed by atoms with Crippen molar-refractivity contribution in [2.75, 3.05) is 13.2 Å². The SMILES string of the molecule is NOC(=O)c1cc(=O)c2c(OCC(F)COc3cccc4oc(C(=O)[O-])cc(=O)c34)cccc2o1.[Na+]. The van der Waals surface area contributed by atoms with Gasteiger partial charge in [-0.1, -0.05) is 12.1 Å². The molecule has 2 aromatic heterocycles. The molecule has 2 aromatic carbocycles. The normalized spacial score (nSPS) is 11.5. The maximum absolute atomic E-state index is 14.5. The third-order valence-electron chi connectivity index (χ3n) is 4.78. The number of carboxylic acid groups (broad SMARTS) is 1. The zero-order chi connectivity index (χ0) is 25.1. The molecule has 1 atom stereocenters. The number of carbonyl (C=O) groups excluding carboxylic acids is 2. The third kappa shape index (κ3) is 5.57. The summed E-state index contributed by atoms with van der Waals surface area (Å²) in [4.78, 5) is 51.3. The van der Waals surface area contributed by atoms with E-state index in [4.69, 9.17) is 24.2 Å². The number of benzene rings is 2. The van der Waals surface area contributed by atoms with E-state index in [9.17, 15) is 28.7 Å². The summed E-state index contributed by atoms with van der Waals surface area (Å²) in [5.74, 6) is 1.02. The summed E-state index contributed by atoms with van der Waals surface area (Å²) in [6, 6.07) is 10.1. The number of hydrogen-bond acceptors (Lipinski definition) is 11. The fourth-order valence-electron chi connectivity index (χ4n) is 3.26. The van der Waals surface area contributed by atoms with Crippen molar-refractivity contribution in [2.24, 2.45) is 5.90 Å². The first-order valence-corrected chi connectivity index (χ1v) is 9.94. The number of halogens is 1. The van der Waals surface area contributed by atoms with Crippen LogP contribution >= 0.6 is 0 Å². The van der Waals surface area contributed by atoms with E-state index in [0.29, 0.717) is 0 Å². The van der Waals surface area contributed by atoms with Crippen molar-refractivity contribution in [1.29, 1.82) is 0 Å². The number of nitrogens with two attached hydrogens (primary N) is 1. The molecule has 4 rings (SSSR count). The Bertz CT molecular complexity index is 1560. The quantitative estimate of drug-likeness (QED) is 0.208.